The van der Waals surface area contributed by atoms with Crippen LogP contribution in [0.25, 0.3) is 0 Å². The Balaban J connectivity index is 2.09. The number of anilines is 1. The molecule has 0 aliphatic heterocycles. The van der Waals surface area contributed by atoms with Gasteiger partial charge in [0.1, 0.15) is 5.82 Å². The second-order valence-corrected chi connectivity index (χ2v) is 4.96. The Hall–Kier alpha value is -1.30. The zero-order valence-electron chi connectivity index (χ0n) is 10.6. The van der Waals surface area contributed by atoms with Crippen LogP contribution in [0.15, 0.2) is 18.3 Å². The largest absolute Gasteiger partial charge is 0.416 e. The summed E-state index contributed by atoms with van der Waals surface area (Å²) in [6.07, 6.45) is 1.32. The number of halogens is 3. The first-order valence-corrected chi connectivity index (χ1v) is 6.50. The molecule has 1 saturated carbocycles. The quantitative estimate of drug-likeness (QED) is 0.886. The third kappa shape index (κ3) is 3.59. The van der Waals surface area contributed by atoms with E-state index < -0.39 is 11.7 Å². The van der Waals surface area contributed by atoms with Gasteiger partial charge in [-0.25, -0.2) is 4.98 Å². The van der Waals surface area contributed by atoms with Crippen molar-refractivity contribution in [2.24, 2.45) is 11.7 Å². The number of nitrogens with zero attached hydrogens (tertiary/aromatic N) is 1. The third-order valence-corrected chi connectivity index (χ3v) is 3.64. The maximum absolute atomic E-state index is 12.6. The van der Waals surface area contributed by atoms with E-state index in [0.717, 1.165) is 25.0 Å². The van der Waals surface area contributed by atoms with Gasteiger partial charge in [0, 0.05) is 18.8 Å². The molecule has 106 valence electrons. The SMILES string of the molecule is NCC(Nc1cc(C(F)(F)F)ccn1)C1CCCC1. The minimum Gasteiger partial charge on any atom is -0.366 e. The van der Waals surface area contributed by atoms with E-state index in [0.29, 0.717) is 12.5 Å². The van der Waals surface area contributed by atoms with Crippen molar-refractivity contribution < 1.29 is 13.2 Å². The van der Waals surface area contributed by atoms with Crippen molar-refractivity contribution in [1.29, 1.82) is 0 Å². The molecule has 0 aromatic carbocycles. The summed E-state index contributed by atoms with van der Waals surface area (Å²) < 4.78 is 37.8. The van der Waals surface area contributed by atoms with Gasteiger partial charge in [-0.05, 0) is 30.9 Å². The van der Waals surface area contributed by atoms with E-state index in [1.807, 2.05) is 0 Å². The van der Waals surface area contributed by atoms with Crippen LogP contribution >= 0.6 is 0 Å². The average Bonchev–Trinajstić information content (AvgIpc) is 2.89. The minimum atomic E-state index is -4.34. The van der Waals surface area contributed by atoms with Gasteiger partial charge in [-0.1, -0.05) is 12.8 Å². The molecular weight excluding hydrogens is 255 g/mol. The topological polar surface area (TPSA) is 50.9 Å². The standard InChI is InChI=1S/C13H18F3N3/c14-13(15,16)10-5-6-18-12(7-10)19-11(8-17)9-3-1-2-4-9/h5-7,9,11H,1-4,8,17H2,(H,18,19). The van der Waals surface area contributed by atoms with E-state index in [2.05, 4.69) is 10.3 Å². The van der Waals surface area contributed by atoms with Gasteiger partial charge in [0.2, 0.25) is 0 Å². The maximum Gasteiger partial charge on any atom is 0.416 e. The van der Waals surface area contributed by atoms with Crippen LogP contribution in [-0.2, 0) is 6.18 Å². The number of aromatic nitrogens is 1. The lowest BCUT2D eigenvalue weighted by Gasteiger charge is -2.24. The fourth-order valence-electron chi connectivity index (χ4n) is 2.60. The third-order valence-electron chi connectivity index (χ3n) is 3.64. The number of alkyl halides is 3. The van der Waals surface area contributed by atoms with E-state index >= 15 is 0 Å². The lowest BCUT2D eigenvalue weighted by Crippen LogP contribution is -2.35. The van der Waals surface area contributed by atoms with Gasteiger partial charge < -0.3 is 11.1 Å². The molecule has 1 aromatic rings. The van der Waals surface area contributed by atoms with Crippen LogP contribution in [0, 0.1) is 5.92 Å². The average molecular weight is 273 g/mol. The number of hydrogen-bond donors (Lipinski definition) is 2. The van der Waals surface area contributed by atoms with Crippen LogP contribution in [0.4, 0.5) is 19.0 Å². The molecule has 0 amide bonds. The summed E-state index contributed by atoms with van der Waals surface area (Å²) in [4.78, 5) is 3.95. The van der Waals surface area contributed by atoms with Crippen molar-refractivity contribution in [3.8, 4) is 0 Å². The van der Waals surface area contributed by atoms with Crippen molar-refractivity contribution in [2.75, 3.05) is 11.9 Å². The molecule has 1 aliphatic carbocycles. The van der Waals surface area contributed by atoms with E-state index in [-0.39, 0.29) is 11.9 Å². The van der Waals surface area contributed by atoms with Crippen LogP contribution in [0.1, 0.15) is 31.2 Å². The predicted molar refractivity (Wildman–Crippen MR) is 67.7 cm³/mol. The molecule has 1 unspecified atom stereocenters. The van der Waals surface area contributed by atoms with Crippen molar-refractivity contribution in [3.05, 3.63) is 23.9 Å². The first-order valence-electron chi connectivity index (χ1n) is 6.50. The smallest absolute Gasteiger partial charge is 0.366 e. The highest BCUT2D eigenvalue weighted by Crippen LogP contribution is 2.31. The lowest BCUT2D eigenvalue weighted by atomic mass is 9.98. The highest BCUT2D eigenvalue weighted by Gasteiger charge is 2.31. The minimum absolute atomic E-state index is 0.00140. The molecule has 3 nitrogen and oxygen atoms in total. The first kappa shape index (κ1) is 14.1. The summed E-state index contributed by atoms with van der Waals surface area (Å²) in [5, 5.41) is 3.05. The molecular formula is C13H18F3N3. The van der Waals surface area contributed by atoms with Gasteiger partial charge in [0.05, 0.1) is 5.56 Å². The predicted octanol–water partition coefficient (Wildman–Crippen LogP) is 3.03. The maximum atomic E-state index is 12.6. The fourth-order valence-corrected chi connectivity index (χ4v) is 2.60. The first-order chi connectivity index (χ1) is 9.00. The number of rotatable bonds is 4. The van der Waals surface area contributed by atoms with Gasteiger partial charge >= 0.3 is 6.18 Å². The van der Waals surface area contributed by atoms with Gasteiger partial charge in [-0.3, -0.25) is 0 Å². The van der Waals surface area contributed by atoms with Crippen LogP contribution in [0.2, 0.25) is 0 Å². The van der Waals surface area contributed by atoms with Crippen LogP contribution in [0.3, 0.4) is 0 Å². The Morgan fingerprint density at radius 3 is 2.63 bits per heavy atom. The van der Waals surface area contributed by atoms with Gasteiger partial charge in [-0.15, -0.1) is 0 Å². The monoisotopic (exact) mass is 273 g/mol. The molecule has 19 heavy (non-hydrogen) atoms. The molecule has 0 bridgehead atoms. The summed E-state index contributed by atoms with van der Waals surface area (Å²) in [7, 11) is 0. The Morgan fingerprint density at radius 1 is 1.37 bits per heavy atom. The Kier molecular flexibility index (Phi) is 4.29. The number of pyridine rings is 1. The molecule has 0 saturated heterocycles. The van der Waals surface area contributed by atoms with E-state index in [1.54, 1.807) is 0 Å². The molecule has 1 atom stereocenters. The molecule has 3 N–H and O–H groups in total. The zero-order chi connectivity index (χ0) is 13.9. The van der Waals surface area contributed by atoms with Gasteiger partial charge in [-0.2, -0.15) is 13.2 Å². The van der Waals surface area contributed by atoms with Gasteiger partial charge in [0.15, 0.2) is 0 Å². The summed E-state index contributed by atoms with van der Waals surface area (Å²) >= 11 is 0. The molecule has 1 aliphatic rings. The van der Waals surface area contributed by atoms with Crippen LogP contribution in [0.5, 0.6) is 0 Å². The highest BCUT2D eigenvalue weighted by atomic mass is 19.4. The summed E-state index contributed by atoms with van der Waals surface area (Å²) in [5.74, 6) is 0.679. The van der Waals surface area contributed by atoms with Crippen molar-refractivity contribution >= 4 is 5.82 Å². The van der Waals surface area contributed by atoms with Crippen molar-refractivity contribution in [2.45, 2.75) is 37.9 Å². The molecule has 1 heterocycles. The zero-order valence-corrected chi connectivity index (χ0v) is 10.6. The molecule has 0 radical (unpaired) electrons. The number of nitrogens with one attached hydrogen (secondary N) is 1. The summed E-state index contributed by atoms with van der Waals surface area (Å²) in [6, 6.07) is 2.01. The van der Waals surface area contributed by atoms with Gasteiger partial charge in [0.25, 0.3) is 0 Å². The Labute approximate surface area is 110 Å². The van der Waals surface area contributed by atoms with Crippen molar-refractivity contribution in [1.82, 2.24) is 4.98 Å². The Morgan fingerprint density at radius 2 is 2.05 bits per heavy atom. The second-order valence-electron chi connectivity index (χ2n) is 4.96. The van der Waals surface area contributed by atoms with E-state index in [9.17, 15) is 13.2 Å². The van der Waals surface area contributed by atoms with Crippen LogP contribution in [-0.4, -0.2) is 17.6 Å². The fraction of sp³-hybridized carbons (Fsp3) is 0.615. The molecule has 6 heteroatoms. The summed E-state index contributed by atoms with van der Waals surface area (Å²) in [6.45, 7) is 0.405. The van der Waals surface area contributed by atoms with Crippen molar-refractivity contribution in [3.63, 3.8) is 0 Å². The lowest BCUT2D eigenvalue weighted by molar-refractivity contribution is -0.137. The molecule has 1 fully saturated rings. The highest BCUT2D eigenvalue weighted by molar-refractivity contribution is 5.39. The molecule has 0 spiro atoms. The second kappa shape index (κ2) is 5.77. The summed E-state index contributed by atoms with van der Waals surface area (Å²) in [5.41, 5.74) is 5.02. The van der Waals surface area contributed by atoms with E-state index in [1.165, 1.54) is 19.0 Å². The van der Waals surface area contributed by atoms with E-state index in [4.69, 9.17) is 5.73 Å². The molecule has 1 aromatic heterocycles. The number of hydrogen-bond acceptors (Lipinski definition) is 3. The normalized spacial score (nSPS) is 18.5. The number of nitrogens with two attached hydrogens (primary N) is 1. The molecule has 2 rings (SSSR count). The Bertz CT molecular complexity index is 414. The van der Waals surface area contributed by atoms with Crippen LogP contribution < -0.4 is 11.1 Å².